The fraction of sp³-hybridized carbons (Fsp3) is 0.611. The van der Waals surface area contributed by atoms with E-state index in [2.05, 4.69) is 40.1 Å². The average Bonchev–Trinajstić information content (AvgIpc) is 3.22. The van der Waals surface area contributed by atoms with Gasteiger partial charge in [0.05, 0.1) is 6.61 Å². The molecule has 0 aromatic heterocycles. The second-order valence-electron chi connectivity index (χ2n) is 6.30. The maximum atomic E-state index is 5.56. The summed E-state index contributed by atoms with van der Waals surface area (Å²) >= 11 is 1.99. The number of ether oxygens (including phenoxy) is 1. The summed E-state index contributed by atoms with van der Waals surface area (Å²) in [6, 6.07) is 7.12. The van der Waals surface area contributed by atoms with Gasteiger partial charge in [-0.3, -0.25) is 4.99 Å². The summed E-state index contributed by atoms with van der Waals surface area (Å²) in [5.41, 5.74) is 2.71. The zero-order chi connectivity index (χ0) is 16.1. The van der Waals surface area contributed by atoms with Crippen molar-refractivity contribution in [2.24, 2.45) is 4.99 Å². The van der Waals surface area contributed by atoms with Gasteiger partial charge in [-0.15, -0.1) is 24.0 Å². The van der Waals surface area contributed by atoms with Crippen LogP contribution in [0.2, 0.25) is 0 Å². The lowest BCUT2D eigenvalue weighted by Crippen LogP contribution is -2.43. The number of thioether (sulfide) groups is 1. The number of fused-ring (bicyclic) bond motifs is 1. The van der Waals surface area contributed by atoms with Crippen molar-refractivity contribution < 1.29 is 4.74 Å². The molecule has 1 aliphatic carbocycles. The Hall–Kier alpha value is -0.630. The minimum atomic E-state index is 0. The predicted octanol–water partition coefficient (Wildman–Crippen LogP) is 3.23. The van der Waals surface area contributed by atoms with E-state index in [0.29, 0.717) is 6.04 Å². The van der Waals surface area contributed by atoms with E-state index >= 15 is 0 Å². The highest BCUT2D eigenvalue weighted by Crippen LogP contribution is 2.28. The van der Waals surface area contributed by atoms with Gasteiger partial charge in [0.2, 0.25) is 0 Å². The number of guanidine groups is 1. The molecule has 0 saturated heterocycles. The van der Waals surface area contributed by atoms with Gasteiger partial charge in [0.15, 0.2) is 5.96 Å². The van der Waals surface area contributed by atoms with Crippen molar-refractivity contribution in [1.29, 1.82) is 0 Å². The summed E-state index contributed by atoms with van der Waals surface area (Å²) in [5, 5.41) is 7.81. The van der Waals surface area contributed by atoms with Crippen molar-refractivity contribution in [3.63, 3.8) is 0 Å². The lowest BCUT2D eigenvalue weighted by molar-refractivity contribution is 0.357. The van der Waals surface area contributed by atoms with Crippen LogP contribution in [0.25, 0.3) is 0 Å². The van der Waals surface area contributed by atoms with Gasteiger partial charge >= 0.3 is 0 Å². The van der Waals surface area contributed by atoms with E-state index in [4.69, 9.17) is 4.74 Å². The molecule has 134 valence electrons. The van der Waals surface area contributed by atoms with Crippen molar-refractivity contribution >= 4 is 41.7 Å². The van der Waals surface area contributed by atoms with Gasteiger partial charge in [0.25, 0.3) is 0 Å². The number of hydrogen-bond donors (Lipinski definition) is 2. The molecule has 2 N–H and O–H groups in total. The van der Waals surface area contributed by atoms with E-state index in [1.165, 1.54) is 30.4 Å². The van der Waals surface area contributed by atoms with Crippen LogP contribution in [0, 0.1) is 0 Å². The Morgan fingerprint density at radius 1 is 1.38 bits per heavy atom. The molecule has 1 heterocycles. The normalized spacial score (nSPS) is 22.5. The van der Waals surface area contributed by atoms with Crippen LogP contribution in [-0.2, 0) is 12.8 Å². The number of halogens is 1. The topological polar surface area (TPSA) is 45.7 Å². The molecule has 0 spiro atoms. The van der Waals surface area contributed by atoms with E-state index in [1.54, 1.807) is 0 Å². The summed E-state index contributed by atoms with van der Waals surface area (Å²) in [6.45, 7) is 1.73. The van der Waals surface area contributed by atoms with Crippen LogP contribution in [0.15, 0.2) is 23.2 Å². The highest BCUT2D eigenvalue weighted by Gasteiger charge is 2.24. The maximum absolute atomic E-state index is 5.56. The van der Waals surface area contributed by atoms with Gasteiger partial charge in [0, 0.05) is 31.3 Å². The molecule has 2 unspecified atom stereocenters. The minimum Gasteiger partial charge on any atom is -0.493 e. The molecule has 2 aliphatic rings. The van der Waals surface area contributed by atoms with Gasteiger partial charge < -0.3 is 15.4 Å². The number of rotatable bonds is 5. The zero-order valence-electron chi connectivity index (χ0n) is 14.5. The monoisotopic (exact) mass is 461 g/mol. The largest absolute Gasteiger partial charge is 0.493 e. The molecule has 1 aromatic carbocycles. The molecule has 2 atom stereocenters. The molecule has 1 fully saturated rings. The third-order valence-electron chi connectivity index (χ3n) is 4.74. The van der Waals surface area contributed by atoms with Crippen LogP contribution in [0.3, 0.4) is 0 Å². The molecule has 6 heteroatoms. The van der Waals surface area contributed by atoms with E-state index < -0.39 is 0 Å². The molecule has 1 aliphatic heterocycles. The highest BCUT2D eigenvalue weighted by atomic mass is 127. The van der Waals surface area contributed by atoms with Crippen molar-refractivity contribution in [1.82, 2.24) is 10.6 Å². The molecule has 0 bridgehead atoms. The minimum absolute atomic E-state index is 0. The summed E-state index contributed by atoms with van der Waals surface area (Å²) in [5.74, 6) is 1.99. The first kappa shape index (κ1) is 19.7. The first-order valence-corrected chi connectivity index (χ1v) is 9.82. The quantitative estimate of drug-likeness (QED) is 0.402. The Morgan fingerprint density at radius 2 is 2.25 bits per heavy atom. The maximum Gasteiger partial charge on any atom is 0.191 e. The van der Waals surface area contributed by atoms with E-state index in [1.807, 2.05) is 18.8 Å². The smallest absolute Gasteiger partial charge is 0.191 e. The van der Waals surface area contributed by atoms with E-state index in [9.17, 15) is 0 Å². The van der Waals surface area contributed by atoms with E-state index in [0.717, 1.165) is 43.0 Å². The van der Waals surface area contributed by atoms with Crippen LogP contribution in [0.5, 0.6) is 5.75 Å². The lowest BCUT2D eigenvalue weighted by atomic mass is 10.1. The molecular formula is C18H28IN3OS. The Balaban J connectivity index is 0.00000208. The Bertz CT molecular complexity index is 567. The molecule has 24 heavy (non-hydrogen) atoms. The third-order valence-corrected chi connectivity index (χ3v) is 5.84. The molecule has 1 aromatic rings. The average molecular weight is 461 g/mol. The van der Waals surface area contributed by atoms with Gasteiger partial charge in [-0.25, -0.2) is 0 Å². The summed E-state index contributed by atoms with van der Waals surface area (Å²) in [6.07, 6.45) is 8.06. The van der Waals surface area contributed by atoms with Gasteiger partial charge in [-0.1, -0.05) is 12.1 Å². The van der Waals surface area contributed by atoms with Crippen LogP contribution in [-0.4, -0.2) is 43.7 Å². The summed E-state index contributed by atoms with van der Waals surface area (Å²) in [7, 11) is 1.85. The standard InChI is InChI=1S/C18H27N3OS.HI/c1-19-18(21-15-4-5-16(12-15)23-2)20-9-7-13-3-6-17-14(11-13)8-10-22-17;/h3,6,11,15-16H,4-5,7-10,12H2,1-2H3,(H2,19,20,21);1H. The fourth-order valence-electron chi connectivity index (χ4n) is 3.39. The van der Waals surface area contributed by atoms with Crippen molar-refractivity contribution in [3.05, 3.63) is 29.3 Å². The number of nitrogens with zero attached hydrogens (tertiary/aromatic N) is 1. The second-order valence-corrected chi connectivity index (χ2v) is 7.44. The molecule has 0 amide bonds. The van der Waals surface area contributed by atoms with Gasteiger partial charge in [-0.05, 0) is 49.1 Å². The first-order chi connectivity index (χ1) is 11.3. The highest BCUT2D eigenvalue weighted by molar-refractivity contribution is 14.0. The van der Waals surface area contributed by atoms with Crippen LogP contribution < -0.4 is 15.4 Å². The SMILES string of the molecule is CN=C(NCCc1ccc2c(c1)CCO2)NC1CCC(SC)C1.I. The molecule has 4 nitrogen and oxygen atoms in total. The lowest BCUT2D eigenvalue weighted by Gasteiger charge is -2.17. The zero-order valence-corrected chi connectivity index (χ0v) is 17.7. The fourth-order valence-corrected chi connectivity index (χ4v) is 4.19. The van der Waals surface area contributed by atoms with Crippen LogP contribution in [0.4, 0.5) is 0 Å². The van der Waals surface area contributed by atoms with Crippen molar-refractivity contribution in [2.75, 3.05) is 26.5 Å². The summed E-state index contributed by atoms with van der Waals surface area (Å²) in [4.78, 5) is 4.36. The first-order valence-electron chi connectivity index (χ1n) is 8.53. The molecule has 0 radical (unpaired) electrons. The third kappa shape index (κ3) is 5.18. The molecular weight excluding hydrogens is 433 g/mol. The van der Waals surface area contributed by atoms with Crippen molar-refractivity contribution in [3.8, 4) is 5.75 Å². The number of hydrogen-bond acceptors (Lipinski definition) is 3. The van der Waals surface area contributed by atoms with Crippen LogP contribution >= 0.6 is 35.7 Å². The Labute approximate surface area is 166 Å². The van der Waals surface area contributed by atoms with Crippen LogP contribution in [0.1, 0.15) is 30.4 Å². The van der Waals surface area contributed by atoms with E-state index in [-0.39, 0.29) is 24.0 Å². The molecule has 3 rings (SSSR count). The number of nitrogens with one attached hydrogen (secondary N) is 2. The second kappa shape index (κ2) is 9.75. The summed E-state index contributed by atoms with van der Waals surface area (Å²) < 4.78 is 5.56. The number of benzene rings is 1. The predicted molar refractivity (Wildman–Crippen MR) is 114 cm³/mol. The molecule has 1 saturated carbocycles. The Morgan fingerprint density at radius 3 is 3.00 bits per heavy atom. The Kier molecular flexibility index (Phi) is 8.00. The van der Waals surface area contributed by atoms with Gasteiger partial charge in [-0.2, -0.15) is 11.8 Å². The number of aliphatic imine (C=N–C) groups is 1. The van der Waals surface area contributed by atoms with Crippen molar-refractivity contribution in [2.45, 2.75) is 43.4 Å². The van der Waals surface area contributed by atoms with Gasteiger partial charge in [0.1, 0.15) is 5.75 Å².